The largest absolute Gasteiger partial charge is 0.503 e. The van der Waals surface area contributed by atoms with E-state index in [9.17, 15) is 14.7 Å². The first-order valence-electron chi connectivity index (χ1n) is 7.56. The number of nitrogens with one attached hydrogen (secondary N) is 1. The van der Waals surface area contributed by atoms with Crippen LogP contribution in [0.2, 0.25) is 0 Å². The molecule has 0 bridgehead atoms. The number of anilines is 1. The molecule has 2 heterocycles. The third kappa shape index (κ3) is 3.25. The van der Waals surface area contributed by atoms with Crippen LogP contribution in [0.4, 0.5) is 5.95 Å². The standard InChI is InChI=1S/C17H15BrN4O4/c1-8-4-14(23)20-17(19-8)22-16(25)11(9(2)21-22)5-10-6-12(18)15(24)13(7-10)26-3/h4-7,24H,1-3H3,(H,19,20,23). The zero-order chi connectivity index (χ0) is 19.0. The number of methoxy groups -OCH3 is 1. The number of aromatic nitrogens is 2. The molecular weight excluding hydrogens is 404 g/mol. The van der Waals surface area contributed by atoms with E-state index in [0.29, 0.717) is 27.0 Å². The zero-order valence-electron chi connectivity index (χ0n) is 14.2. The molecule has 0 aliphatic carbocycles. The number of rotatable bonds is 3. The Morgan fingerprint density at radius 2 is 2.00 bits per heavy atom. The number of aromatic amines is 1. The van der Waals surface area contributed by atoms with Crippen LogP contribution in [-0.2, 0) is 4.79 Å². The number of nitrogens with zero attached hydrogens (tertiary/aromatic N) is 3. The number of phenols is 1. The number of hydrogen-bond acceptors (Lipinski definition) is 6. The van der Waals surface area contributed by atoms with Crippen LogP contribution >= 0.6 is 15.9 Å². The smallest absolute Gasteiger partial charge is 0.283 e. The highest BCUT2D eigenvalue weighted by atomic mass is 79.9. The van der Waals surface area contributed by atoms with Crippen molar-refractivity contribution in [2.45, 2.75) is 13.8 Å². The summed E-state index contributed by atoms with van der Waals surface area (Å²) in [5.74, 6) is -0.111. The number of aryl methyl sites for hydroxylation is 1. The Bertz CT molecular complexity index is 1030. The van der Waals surface area contributed by atoms with Crippen LogP contribution in [0, 0.1) is 6.92 Å². The van der Waals surface area contributed by atoms with Gasteiger partial charge in [-0.05, 0) is 53.5 Å². The number of hydrogen-bond donors (Lipinski definition) is 2. The zero-order valence-corrected chi connectivity index (χ0v) is 15.8. The molecule has 0 unspecified atom stereocenters. The van der Waals surface area contributed by atoms with Gasteiger partial charge in [-0.3, -0.25) is 14.6 Å². The van der Waals surface area contributed by atoms with E-state index < -0.39 is 5.91 Å². The van der Waals surface area contributed by atoms with E-state index in [1.165, 1.54) is 13.2 Å². The van der Waals surface area contributed by atoms with Crippen LogP contribution in [0.25, 0.3) is 6.08 Å². The van der Waals surface area contributed by atoms with Crippen molar-refractivity contribution in [1.82, 2.24) is 9.97 Å². The van der Waals surface area contributed by atoms with Gasteiger partial charge < -0.3 is 9.84 Å². The van der Waals surface area contributed by atoms with E-state index in [2.05, 4.69) is 31.0 Å². The van der Waals surface area contributed by atoms with E-state index in [-0.39, 0.29) is 23.0 Å². The minimum absolute atomic E-state index is 0.0269. The Hall–Kier alpha value is -2.94. The molecule has 0 saturated heterocycles. The average molecular weight is 419 g/mol. The van der Waals surface area contributed by atoms with Crippen molar-refractivity contribution in [2.75, 3.05) is 12.1 Å². The second-order valence-electron chi connectivity index (χ2n) is 5.62. The Balaban J connectivity index is 2.02. The van der Waals surface area contributed by atoms with Gasteiger partial charge in [0.2, 0.25) is 5.95 Å². The van der Waals surface area contributed by atoms with Gasteiger partial charge >= 0.3 is 0 Å². The van der Waals surface area contributed by atoms with Crippen molar-refractivity contribution in [2.24, 2.45) is 5.10 Å². The molecule has 8 nitrogen and oxygen atoms in total. The minimum Gasteiger partial charge on any atom is -0.503 e. The fourth-order valence-corrected chi connectivity index (χ4v) is 2.95. The Kier molecular flexibility index (Phi) is 4.64. The minimum atomic E-state index is -0.417. The number of phenolic OH excluding ortho intramolecular Hbond substituents is 1. The van der Waals surface area contributed by atoms with Crippen LogP contribution in [0.5, 0.6) is 11.5 Å². The Morgan fingerprint density at radius 3 is 2.65 bits per heavy atom. The molecule has 1 aliphatic rings. The molecule has 0 atom stereocenters. The highest BCUT2D eigenvalue weighted by molar-refractivity contribution is 9.10. The molecule has 0 radical (unpaired) electrons. The summed E-state index contributed by atoms with van der Waals surface area (Å²) in [6, 6.07) is 4.58. The maximum atomic E-state index is 12.7. The van der Waals surface area contributed by atoms with Gasteiger partial charge in [0.25, 0.3) is 11.5 Å². The summed E-state index contributed by atoms with van der Waals surface area (Å²) in [6.45, 7) is 3.34. The summed E-state index contributed by atoms with van der Waals surface area (Å²) in [6.07, 6.45) is 1.63. The van der Waals surface area contributed by atoms with Crippen molar-refractivity contribution in [3.63, 3.8) is 0 Å². The number of carbonyl (C=O) groups is 1. The molecule has 1 amide bonds. The molecule has 9 heteroatoms. The normalized spacial score (nSPS) is 15.5. The lowest BCUT2D eigenvalue weighted by atomic mass is 10.1. The summed E-state index contributed by atoms with van der Waals surface area (Å²) in [5.41, 5.74) is 1.57. The van der Waals surface area contributed by atoms with Crippen LogP contribution < -0.4 is 15.3 Å². The van der Waals surface area contributed by atoms with Crippen molar-refractivity contribution in [3.8, 4) is 11.5 Å². The first-order valence-corrected chi connectivity index (χ1v) is 8.35. The maximum Gasteiger partial charge on any atom is 0.283 e. The van der Waals surface area contributed by atoms with Gasteiger partial charge in [0.05, 0.1) is 22.9 Å². The predicted molar refractivity (Wildman–Crippen MR) is 101 cm³/mol. The predicted octanol–water partition coefficient (Wildman–Crippen LogP) is 2.36. The average Bonchev–Trinajstić information content (AvgIpc) is 2.85. The molecule has 134 valence electrons. The SMILES string of the molecule is COc1cc(C=C2C(=O)N(c3nc(C)cc(=O)[nH]3)N=C2C)cc(Br)c1O. The second-order valence-corrected chi connectivity index (χ2v) is 6.48. The number of ether oxygens (including phenoxy) is 1. The fraction of sp³-hybridized carbons (Fsp3) is 0.176. The molecule has 1 aliphatic heterocycles. The number of amides is 1. The quantitative estimate of drug-likeness (QED) is 0.743. The van der Waals surface area contributed by atoms with Gasteiger partial charge in [0.15, 0.2) is 11.5 Å². The van der Waals surface area contributed by atoms with Gasteiger partial charge in [0, 0.05) is 11.8 Å². The van der Waals surface area contributed by atoms with E-state index in [1.807, 2.05) is 0 Å². The van der Waals surface area contributed by atoms with Crippen LogP contribution in [0.1, 0.15) is 18.2 Å². The highest BCUT2D eigenvalue weighted by Gasteiger charge is 2.30. The molecule has 0 fully saturated rings. The Labute approximate surface area is 157 Å². The lowest BCUT2D eigenvalue weighted by Gasteiger charge is -2.10. The lowest BCUT2D eigenvalue weighted by Crippen LogP contribution is -2.26. The lowest BCUT2D eigenvalue weighted by molar-refractivity contribution is -0.114. The van der Waals surface area contributed by atoms with E-state index >= 15 is 0 Å². The summed E-state index contributed by atoms with van der Waals surface area (Å²) >= 11 is 3.25. The van der Waals surface area contributed by atoms with Crippen molar-refractivity contribution >= 4 is 39.6 Å². The summed E-state index contributed by atoms with van der Waals surface area (Å²) in [7, 11) is 1.44. The third-order valence-corrected chi connectivity index (χ3v) is 4.31. The van der Waals surface area contributed by atoms with E-state index in [1.54, 1.807) is 32.1 Å². The van der Waals surface area contributed by atoms with Crippen molar-refractivity contribution < 1.29 is 14.6 Å². The highest BCUT2D eigenvalue weighted by Crippen LogP contribution is 2.36. The molecule has 1 aromatic carbocycles. The number of halogens is 1. The van der Waals surface area contributed by atoms with E-state index in [4.69, 9.17) is 4.74 Å². The summed E-state index contributed by atoms with van der Waals surface area (Å²) in [4.78, 5) is 31.0. The second kappa shape index (κ2) is 6.75. The van der Waals surface area contributed by atoms with Crippen LogP contribution in [0.3, 0.4) is 0 Å². The molecule has 0 spiro atoms. The first kappa shape index (κ1) is 17.9. The molecule has 26 heavy (non-hydrogen) atoms. The van der Waals surface area contributed by atoms with Crippen molar-refractivity contribution in [3.05, 3.63) is 49.9 Å². The number of H-pyrrole nitrogens is 1. The number of aromatic hydroxyl groups is 1. The van der Waals surface area contributed by atoms with E-state index in [0.717, 1.165) is 5.01 Å². The van der Waals surface area contributed by atoms with Gasteiger partial charge in [-0.15, -0.1) is 0 Å². The molecule has 3 rings (SSSR count). The van der Waals surface area contributed by atoms with Crippen LogP contribution in [0.15, 0.2) is 38.1 Å². The summed E-state index contributed by atoms with van der Waals surface area (Å²) < 4.78 is 5.55. The number of carbonyl (C=O) groups excluding carboxylic acids is 1. The molecule has 1 aromatic heterocycles. The topological polar surface area (TPSA) is 108 Å². The third-order valence-electron chi connectivity index (χ3n) is 3.70. The molecule has 2 aromatic rings. The first-order chi connectivity index (χ1) is 12.3. The van der Waals surface area contributed by atoms with Gasteiger partial charge in [-0.1, -0.05) is 0 Å². The molecular formula is C17H15BrN4O4. The maximum absolute atomic E-state index is 12.7. The van der Waals surface area contributed by atoms with Crippen LogP contribution in [-0.4, -0.2) is 33.8 Å². The van der Waals surface area contributed by atoms with Gasteiger partial charge in [-0.25, -0.2) is 4.98 Å². The number of benzene rings is 1. The summed E-state index contributed by atoms with van der Waals surface area (Å²) in [5, 5.41) is 15.1. The Morgan fingerprint density at radius 1 is 1.27 bits per heavy atom. The fourth-order valence-electron chi connectivity index (χ4n) is 2.49. The van der Waals surface area contributed by atoms with Crippen molar-refractivity contribution in [1.29, 1.82) is 0 Å². The monoisotopic (exact) mass is 418 g/mol. The molecule has 2 N–H and O–H groups in total. The number of hydrazone groups is 1. The van der Waals surface area contributed by atoms with Gasteiger partial charge in [-0.2, -0.15) is 10.1 Å². The van der Waals surface area contributed by atoms with Gasteiger partial charge in [0.1, 0.15) is 0 Å². The molecule has 0 saturated carbocycles.